The van der Waals surface area contributed by atoms with Crippen LogP contribution in [0.25, 0.3) is 10.2 Å². The average Bonchev–Trinajstić information content (AvgIpc) is 3.52. The van der Waals surface area contributed by atoms with Crippen LogP contribution in [0.5, 0.6) is 0 Å². The normalized spacial score (nSPS) is 15.2. The minimum atomic E-state index is -5.77. The minimum absolute atomic E-state index is 0.0895. The monoisotopic (exact) mass is 620 g/mol. The number of hydrogen-bond acceptors (Lipinski definition) is 8. The molecule has 16 heteroatoms. The number of alkyl halides is 6. The fourth-order valence-corrected chi connectivity index (χ4v) is 6.48. The first-order valence-electron chi connectivity index (χ1n) is 12.2. The zero-order valence-corrected chi connectivity index (χ0v) is 22.7. The molecule has 1 amide bonds. The van der Waals surface area contributed by atoms with Gasteiger partial charge in [-0.3, -0.25) is 19.2 Å². The molecule has 0 saturated carbocycles. The van der Waals surface area contributed by atoms with Crippen LogP contribution in [0.1, 0.15) is 33.0 Å². The zero-order valence-electron chi connectivity index (χ0n) is 21.1. The molecule has 41 heavy (non-hydrogen) atoms. The quantitative estimate of drug-likeness (QED) is 0.325. The molecule has 2 aromatic heterocycles. The van der Waals surface area contributed by atoms with Gasteiger partial charge in [-0.1, -0.05) is 12.1 Å². The van der Waals surface area contributed by atoms with Crippen molar-refractivity contribution in [2.75, 3.05) is 29.5 Å². The van der Waals surface area contributed by atoms with Crippen LogP contribution >= 0.6 is 23.1 Å². The molecule has 0 spiro atoms. The molecule has 1 saturated heterocycles. The van der Waals surface area contributed by atoms with Gasteiger partial charge < -0.3 is 15.2 Å². The van der Waals surface area contributed by atoms with E-state index in [1.54, 1.807) is 11.3 Å². The van der Waals surface area contributed by atoms with Crippen molar-refractivity contribution in [2.45, 2.75) is 38.2 Å². The van der Waals surface area contributed by atoms with E-state index >= 15 is 0 Å². The van der Waals surface area contributed by atoms with Gasteiger partial charge in [-0.15, -0.1) is 11.3 Å². The molecular weight excluding hydrogens is 598 g/mol. The molecule has 0 radical (unpaired) electrons. The van der Waals surface area contributed by atoms with Gasteiger partial charge in [0, 0.05) is 41.7 Å². The maximum atomic E-state index is 12.6. The number of fused-ring (bicyclic) bond motifs is 3. The summed E-state index contributed by atoms with van der Waals surface area (Å²) in [5.41, 5.74) is 3.15. The number of hydrogen-bond donors (Lipinski definition) is 2. The van der Waals surface area contributed by atoms with Crippen molar-refractivity contribution in [3.05, 3.63) is 56.4 Å². The summed E-state index contributed by atoms with van der Waals surface area (Å²) in [5, 5.41) is 3.57. The summed E-state index contributed by atoms with van der Waals surface area (Å²) in [7, 11) is 0. The Balaban J connectivity index is 0.000000275. The number of aryl methyl sites for hydroxylation is 2. The van der Waals surface area contributed by atoms with E-state index in [0.29, 0.717) is 16.8 Å². The summed E-state index contributed by atoms with van der Waals surface area (Å²) in [6.45, 7) is 2.50. The lowest BCUT2D eigenvalue weighted by Crippen LogP contribution is -2.39. The van der Waals surface area contributed by atoms with Gasteiger partial charge in [-0.25, -0.2) is 4.98 Å². The van der Waals surface area contributed by atoms with Crippen LogP contribution in [0.2, 0.25) is 0 Å². The number of benzene rings is 1. The Hall–Kier alpha value is -3.40. The highest BCUT2D eigenvalue weighted by atomic mass is 32.2. The highest BCUT2D eigenvalue weighted by molar-refractivity contribution is 7.99. The molecule has 2 N–H and O–H groups in total. The van der Waals surface area contributed by atoms with Crippen molar-refractivity contribution < 1.29 is 40.7 Å². The second kappa shape index (κ2) is 12.2. The van der Waals surface area contributed by atoms with Gasteiger partial charge in [0.25, 0.3) is 11.5 Å². The number of nitrogens with one attached hydrogen (secondary N) is 2. The molecule has 8 nitrogen and oxygen atoms in total. The van der Waals surface area contributed by atoms with Gasteiger partial charge in [0.15, 0.2) is 0 Å². The van der Waals surface area contributed by atoms with E-state index in [1.165, 1.54) is 10.6 Å². The second-order valence-electron chi connectivity index (χ2n) is 9.06. The highest BCUT2D eigenvalue weighted by Crippen LogP contribution is 2.34. The number of carbonyl (C=O) groups excluding carboxylic acids is 3. The SMILES string of the molecule is O=C(C(=O)C(F)(F)F)C(F)(F)F.O=C(NCc1cccc(N2CCSCC2)c1)c1nc2sc3c(c2c(=O)[nH]1)CCC3. The lowest BCUT2D eigenvalue weighted by molar-refractivity contribution is -0.193. The first kappa shape index (κ1) is 30.6. The number of halogens is 6. The largest absolute Gasteiger partial charge is 0.458 e. The van der Waals surface area contributed by atoms with Gasteiger partial charge in [-0.2, -0.15) is 38.1 Å². The average molecular weight is 621 g/mol. The Kier molecular flexibility index (Phi) is 9.11. The first-order chi connectivity index (χ1) is 19.3. The molecule has 0 unspecified atom stereocenters. The van der Waals surface area contributed by atoms with Gasteiger partial charge in [-0.05, 0) is 42.5 Å². The predicted molar refractivity (Wildman–Crippen MR) is 142 cm³/mol. The molecule has 5 rings (SSSR count). The molecule has 220 valence electrons. The van der Waals surface area contributed by atoms with E-state index in [4.69, 9.17) is 0 Å². The second-order valence-corrected chi connectivity index (χ2v) is 11.4. The Bertz CT molecular complexity index is 1500. The summed E-state index contributed by atoms with van der Waals surface area (Å²) in [6.07, 6.45) is -8.52. The fraction of sp³-hybridized carbons (Fsp3) is 0.400. The number of thiophene rings is 1. The van der Waals surface area contributed by atoms with E-state index in [-0.39, 0.29) is 17.3 Å². The van der Waals surface area contributed by atoms with Crippen molar-refractivity contribution in [1.29, 1.82) is 0 Å². The number of aromatic nitrogens is 2. The minimum Gasteiger partial charge on any atom is -0.370 e. The molecule has 0 atom stereocenters. The number of anilines is 1. The van der Waals surface area contributed by atoms with Crippen molar-refractivity contribution in [3.63, 3.8) is 0 Å². The number of nitrogens with zero attached hydrogens (tertiary/aromatic N) is 2. The lowest BCUT2D eigenvalue weighted by atomic mass is 10.2. The summed E-state index contributed by atoms with van der Waals surface area (Å²) in [4.78, 5) is 55.8. The summed E-state index contributed by atoms with van der Waals surface area (Å²) < 4.78 is 67.0. The topological polar surface area (TPSA) is 112 Å². The molecule has 1 aliphatic heterocycles. The van der Waals surface area contributed by atoms with E-state index in [0.717, 1.165) is 55.0 Å². The third kappa shape index (κ3) is 7.28. The summed E-state index contributed by atoms with van der Waals surface area (Å²) >= 11 is 3.53. The van der Waals surface area contributed by atoms with Crippen LogP contribution in [-0.4, -0.2) is 64.4 Å². The molecule has 1 aliphatic carbocycles. The van der Waals surface area contributed by atoms with Gasteiger partial charge in [0.2, 0.25) is 5.82 Å². The fourth-order valence-electron chi connectivity index (χ4n) is 4.32. The maximum absolute atomic E-state index is 12.6. The van der Waals surface area contributed by atoms with Gasteiger partial charge in [0.05, 0.1) is 5.39 Å². The standard InChI is InChI=1S/C21H22N4O2S2.C4F6O2/c26-19-17-15-5-2-6-16(15)29-21(17)24-18(23-19)20(27)22-12-13-3-1-4-14(11-13)25-7-9-28-10-8-25;5-3(6,7)1(11)2(12)4(8,9)10/h1,3-4,11H,2,5-10,12H2,(H,22,27)(H,23,24,26);. The van der Waals surface area contributed by atoms with E-state index < -0.39 is 23.9 Å². The molecule has 0 bridgehead atoms. The number of thioether (sulfide) groups is 1. The predicted octanol–water partition coefficient (Wildman–Crippen LogP) is 4.21. The van der Waals surface area contributed by atoms with E-state index in [9.17, 15) is 45.5 Å². The van der Waals surface area contributed by atoms with Crippen molar-refractivity contribution >= 4 is 56.5 Å². The number of rotatable bonds is 5. The van der Waals surface area contributed by atoms with Crippen LogP contribution in [0.15, 0.2) is 29.1 Å². The summed E-state index contributed by atoms with van der Waals surface area (Å²) in [5.74, 6) is -4.78. The van der Waals surface area contributed by atoms with Crippen molar-refractivity contribution in [1.82, 2.24) is 15.3 Å². The Labute approximate surface area is 236 Å². The van der Waals surface area contributed by atoms with Crippen LogP contribution in [0, 0.1) is 0 Å². The van der Waals surface area contributed by atoms with Crippen LogP contribution in [-0.2, 0) is 29.0 Å². The number of amides is 1. The third-order valence-electron chi connectivity index (χ3n) is 6.25. The number of ketones is 2. The number of Topliss-reactive ketones (excluding diaryl/α,β-unsaturated/α-hetero) is 2. The zero-order chi connectivity index (χ0) is 29.9. The molecule has 2 aliphatic rings. The van der Waals surface area contributed by atoms with Crippen molar-refractivity contribution in [2.24, 2.45) is 0 Å². The molecular formula is C25H22F6N4O4S2. The number of aromatic amines is 1. The van der Waals surface area contributed by atoms with Gasteiger partial charge >= 0.3 is 23.9 Å². The Morgan fingerprint density at radius 2 is 1.66 bits per heavy atom. The molecule has 1 fully saturated rings. The van der Waals surface area contributed by atoms with Crippen molar-refractivity contribution in [3.8, 4) is 0 Å². The molecule has 3 heterocycles. The Morgan fingerprint density at radius 1 is 1.00 bits per heavy atom. The number of H-pyrrole nitrogens is 1. The Morgan fingerprint density at radius 3 is 2.29 bits per heavy atom. The first-order valence-corrected chi connectivity index (χ1v) is 14.2. The lowest BCUT2D eigenvalue weighted by Gasteiger charge is -2.28. The smallest absolute Gasteiger partial charge is 0.370 e. The third-order valence-corrected chi connectivity index (χ3v) is 8.38. The number of carbonyl (C=O) groups is 3. The summed E-state index contributed by atoms with van der Waals surface area (Å²) in [6, 6.07) is 8.27. The van der Waals surface area contributed by atoms with E-state index in [2.05, 4.69) is 32.3 Å². The molecule has 3 aromatic rings. The maximum Gasteiger partial charge on any atom is 0.458 e. The molecule has 1 aromatic carbocycles. The highest BCUT2D eigenvalue weighted by Gasteiger charge is 2.54. The van der Waals surface area contributed by atoms with Crippen LogP contribution < -0.4 is 15.8 Å². The van der Waals surface area contributed by atoms with Gasteiger partial charge in [0.1, 0.15) is 4.83 Å². The van der Waals surface area contributed by atoms with Crippen LogP contribution in [0.4, 0.5) is 32.0 Å². The van der Waals surface area contributed by atoms with Crippen LogP contribution in [0.3, 0.4) is 0 Å². The van der Waals surface area contributed by atoms with E-state index in [1.807, 2.05) is 23.9 Å².